The molecule has 2 N–H and O–H groups in total. The molecule has 1 aromatic carbocycles. The van der Waals surface area contributed by atoms with Crippen LogP contribution < -0.4 is 10.6 Å². The van der Waals surface area contributed by atoms with Crippen molar-refractivity contribution >= 4 is 23.4 Å². The molecular weight excluding hydrogens is 306 g/mol. The van der Waals surface area contributed by atoms with E-state index in [2.05, 4.69) is 10.6 Å². The van der Waals surface area contributed by atoms with E-state index in [0.29, 0.717) is 5.69 Å². The molecule has 0 unspecified atom stereocenters. The summed E-state index contributed by atoms with van der Waals surface area (Å²) in [6, 6.07) is 7.66. The van der Waals surface area contributed by atoms with Gasteiger partial charge in [-0.3, -0.25) is 14.4 Å². The number of benzene rings is 1. The smallest absolute Gasteiger partial charge is 0.243 e. The number of carbonyl (C=O) groups excluding carboxylic acids is 3. The zero-order chi connectivity index (χ0) is 17.1. The van der Waals surface area contributed by atoms with Crippen molar-refractivity contribution in [3.8, 4) is 0 Å². The zero-order valence-electron chi connectivity index (χ0n) is 13.9. The van der Waals surface area contributed by atoms with Gasteiger partial charge in [-0.05, 0) is 44.7 Å². The number of nitrogens with zero attached hydrogens (tertiary/aromatic N) is 1. The van der Waals surface area contributed by atoms with Crippen molar-refractivity contribution in [2.75, 3.05) is 18.4 Å². The highest BCUT2D eigenvalue weighted by Crippen LogP contribution is 2.35. The maximum atomic E-state index is 12.2. The molecule has 6 nitrogen and oxygen atoms in total. The summed E-state index contributed by atoms with van der Waals surface area (Å²) >= 11 is 0. The van der Waals surface area contributed by atoms with Crippen molar-refractivity contribution in [1.29, 1.82) is 0 Å². The third-order valence-electron chi connectivity index (χ3n) is 4.29. The molecule has 0 radical (unpaired) electrons. The van der Waals surface area contributed by atoms with Gasteiger partial charge < -0.3 is 15.5 Å². The Morgan fingerprint density at radius 2 is 1.71 bits per heavy atom. The summed E-state index contributed by atoms with van der Waals surface area (Å²) in [6.45, 7) is 1.93. The first-order valence-corrected chi connectivity index (χ1v) is 8.46. The summed E-state index contributed by atoms with van der Waals surface area (Å²) in [5.41, 5.74) is 1.81. The average molecular weight is 329 g/mol. The molecule has 1 aromatic rings. The molecule has 2 aliphatic rings. The maximum Gasteiger partial charge on any atom is 0.243 e. The van der Waals surface area contributed by atoms with Gasteiger partial charge in [-0.1, -0.05) is 17.7 Å². The van der Waals surface area contributed by atoms with E-state index >= 15 is 0 Å². The number of amides is 3. The monoisotopic (exact) mass is 329 g/mol. The molecule has 24 heavy (non-hydrogen) atoms. The van der Waals surface area contributed by atoms with Crippen LogP contribution in [0.4, 0.5) is 5.69 Å². The molecule has 0 heterocycles. The molecule has 2 saturated carbocycles. The Kier molecular flexibility index (Phi) is 4.83. The van der Waals surface area contributed by atoms with Crippen LogP contribution in [0.5, 0.6) is 0 Å². The standard InChI is InChI=1S/C18H23N3O3/c1-12-2-6-14(7-3-12)20-16(22)10-19-17(23)11-21(15-8-9-15)18(24)13-4-5-13/h2-3,6-7,13,15H,4-5,8-11H2,1H3,(H,19,23)(H,20,22). The molecule has 2 aliphatic carbocycles. The second-order valence-corrected chi connectivity index (χ2v) is 6.66. The number of nitrogens with one attached hydrogen (secondary N) is 2. The second kappa shape index (κ2) is 7.03. The Morgan fingerprint density at radius 1 is 1.04 bits per heavy atom. The molecule has 3 amide bonds. The van der Waals surface area contributed by atoms with Crippen molar-refractivity contribution < 1.29 is 14.4 Å². The normalized spacial score (nSPS) is 16.4. The highest BCUT2D eigenvalue weighted by atomic mass is 16.2. The van der Waals surface area contributed by atoms with E-state index in [1.54, 1.807) is 4.90 Å². The summed E-state index contributed by atoms with van der Waals surface area (Å²) < 4.78 is 0. The van der Waals surface area contributed by atoms with E-state index in [0.717, 1.165) is 31.2 Å². The van der Waals surface area contributed by atoms with Crippen molar-refractivity contribution in [1.82, 2.24) is 10.2 Å². The van der Waals surface area contributed by atoms with Gasteiger partial charge in [0.2, 0.25) is 17.7 Å². The lowest BCUT2D eigenvalue weighted by Crippen LogP contribution is -2.44. The first kappa shape index (κ1) is 16.5. The van der Waals surface area contributed by atoms with Crippen LogP contribution in [0.25, 0.3) is 0 Å². The van der Waals surface area contributed by atoms with Crippen LogP contribution in [0.2, 0.25) is 0 Å². The fraction of sp³-hybridized carbons (Fsp3) is 0.500. The third-order valence-corrected chi connectivity index (χ3v) is 4.29. The topological polar surface area (TPSA) is 78.5 Å². The van der Waals surface area contributed by atoms with Crippen molar-refractivity contribution in [2.45, 2.75) is 38.6 Å². The maximum absolute atomic E-state index is 12.2. The van der Waals surface area contributed by atoms with Crippen LogP contribution in [0.1, 0.15) is 31.2 Å². The molecule has 2 fully saturated rings. The van der Waals surface area contributed by atoms with Crippen LogP contribution in [0.3, 0.4) is 0 Å². The van der Waals surface area contributed by atoms with Crippen LogP contribution >= 0.6 is 0 Å². The molecule has 128 valence electrons. The minimum Gasteiger partial charge on any atom is -0.345 e. The van der Waals surface area contributed by atoms with E-state index < -0.39 is 0 Å². The van der Waals surface area contributed by atoms with Crippen LogP contribution in [0.15, 0.2) is 24.3 Å². The van der Waals surface area contributed by atoms with Gasteiger partial charge in [-0.2, -0.15) is 0 Å². The quantitative estimate of drug-likeness (QED) is 0.795. The number of carbonyl (C=O) groups is 3. The van der Waals surface area contributed by atoms with Crippen molar-refractivity contribution in [3.63, 3.8) is 0 Å². The highest BCUT2D eigenvalue weighted by Gasteiger charge is 2.40. The zero-order valence-corrected chi connectivity index (χ0v) is 13.9. The van der Waals surface area contributed by atoms with Crippen LogP contribution in [0, 0.1) is 12.8 Å². The van der Waals surface area contributed by atoms with Crippen LogP contribution in [-0.2, 0) is 14.4 Å². The minimum atomic E-state index is -0.282. The lowest BCUT2D eigenvalue weighted by Gasteiger charge is -2.21. The Hall–Kier alpha value is -2.37. The van der Waals surface area contributed by atoms with E-state index in [4.69, 9.17) is 0 Å². The van der Waals surface area contributed by atoms with Gasteiger partial charge >= 0.3 is 0 Å². The van der Waals surface area contributed by atoms with Gasteiger partial charge in [0.15, 0.2) is 0 Å². The van der Waals surface area contributed by atoms with E-state index in [1.807, 2.05) is 31.2 Å². The number of rotatable bonds is 7. The minimum absolute atomic E-state index is 0.0534. The summed E-state index contributed by atoms with van der Waals surface area (Å²) in [7, 11) is 0. The summed E-state index contributed by atoms with van der Waals surface area (Å²) in [6.07, 6.45) is 3.81. The predicted octanol–water partition coefficient (Wildman–Crippen LogP) is 1.45. The lowest BCUT2D eigenvalue weighted by atomic mass is 10.2. The number of anilines is 1. The van der Waals surface area contributed by atoms with Gasteiger partial charge in [0, 0.05) is 17.6 Å². The molecule has 0 aromatic heterocycles. The number of hydrogen-bond acceptors (Lipinski definition) is 3. The van der Waals surface area contributed by atoms with Gasteiger partial charge in [0.1, 0.15) is 0 Å². The van der Waals surface area contributed by atoms with Gasteiger partial charge in [0.25, 0.3) is 0 Å². The molecule has 3 rings (SSSR count). The molecule has 6 heteroatoms. The first-order chi connectivity index (χ1) is 11.5. The molecule has 0 bridgehead atoms. The SMILES string of the molecule is Cc1ccc(NC(=O)CNC(=O)CN(C(=O)C2CC2)C2CC2)cc1. The van der Waals surface area contributed by atoms with Gasteiger partial charge in [-0.15, -0.1) is 0 Å². The fourth-order valence-electron chi connectivity index (χ4n) is 2.57. The summed E-state index contributed by atoms with van der Waals surface area (Å²) in [4.78, 5) is 37.8. The number of hydrogen-bond donors (Lipinski definition) is 2. The summed E-state index contributed by atoms with van der Waals surface area (Å²) in [5, 5.41) is 5.33. The molecule has 0 aliphatic heterocycles. The Morgan fingerprint density at radius 3 is 2.29 bits per heavy atom. The molecule has 0 spiro atoms. The largest absolute Gasteiger partial charge is 0.345 e. The van der Waals surface area contributed by atoms with Gasteiger partial charge in [0.05, 0.1) is 13.1 Å². The average Bonchev–Trinajstić information content (AvgIpc) is 3.44. The van der Waals surface area contributed by atoms with E-state index in [9.17, 15) is 14.4 Å². The highest BCUT2D eigenvalue weighted by molar-refractivity contribution is 5.95. The first-order valence-electron chi connectivity index (χ1n) is 8.46. The van der Waals surface area contributed by atoms with Gasteiger partial charge in [-0.25, -0.2) is 0 Å². The van der Waals surface area contributed by atoms with E-state index in [1.165, 1.54) is 0 Å². The number of aryl methyl sites for hydroxylation is 1. The van der Waals surface area contributed by atoms with E-state index in [-0.39, 0.29) is 42.8 Å². The molecule has 0 saturated heterocycles. The van der Waals surface area contributed by atoms with Crippen molar-refractivity contribution in [2.24, 2.45) is 5.92 Å². The van der Waals surface area contributed by atoms with Crippen LogP contribution in [-0.4, -0.2) is 41.8 Å². The molecule has 0 atom stereocenters. The lowest BCUT2D eigenvalue weighted by molar-refractivity contribution is -0.137. The Balaban J connectivity index is 1.43. The second-order valence-electron chi connectivity index (χ2n) is 6.66. The molecular formula is C18H23N3O3. The third kappa shape index (κ3) is 4.57. The Bertz CT molecular complexity index is 633. The predicted molar refractivity (Wildman–Crippen MR) is 90.3 cm³/mol. The van der Waals surface area contributed by atoms with Crippen molar-refractivity contribution in [3.05, 3.63) is 29.8 Å². The summed E-state index contributed by atoms with van der Waals surface area (Å²) in [5.74, 6) is -0.353. The fourth-order valence-corrected chi connectivity index (χ4v) is 2.57. The Labute approximate surface area is 141 Å².